The van der Waals surface area contributed by atoms with Crippen molar-refractivity contribution in [2.45, 2.75) is 38.5 Å². The van der Waals surface area contributed by atoms with Gasteiger partial charge in [-0.15, -0.1) is 0 Å². The lowest BCUT2D eigenvalue weighted by Crippen LogP contribution is -2.19. The van der Waals surface area contributed by atoms with Gasteiger partial charge in [-0.25, -0.2) is 4.98 Å². The number of benzene rings is 10. The van der Waals surface area contributed by atoms with Gasteiger partial charge in [0.1, 0.15) is 0 Å². The molecule has 0 saturated heterocycles. The smallest absolute Gasteiger partial charge is 0.237 e. The molecule has 3 aromatic heterocycles. The van der Waals surface area contributed by atoms with Gasteiger partial charge >= 0.3 is 0 Å². The third-order valence-corrected chi connectivity index (χ3v) is 16.3. The monoisotopic (exact) mass is 935 g/mol. The number of anilines is 3. The van der Waals surface area contributed by atoms with Gasteiger partial charge in [0.2, 0.25) is 5.95 Å². The van der Waals surface area contributed by atoms with Crippen LogP contribution in [0.5, 0.6) is 0 Å². The molecule has 3 heterocycles. The Morgan fingerprint density at radius 2 is 0.904 bits per heavy atom. The average Bonchev–Trinajstić information content (AvgIpc) is 4.10. The summed E-state index contributed by atoms with van der Waals surface area (Å²) in [6.07, 6.45) is 0. The average molecular weight is 936 g/mol. The lowest BCUT2D eigenvalue weighted by atomic mass is 9.82. The topological polar surface area (TPSA) is 38.9 Å². The van der Waals surface area contributed by atoms with Crippen molar-refractivity contribution in [2.24, 2.45) is 0 Å². The maximum absolute atomic E-state index is 5.83. The van der Waals surface area contributed by atoms with Crippen molar-refractivity contribution in [1.29, 1.82) is 0 Å². The standard InChI is InChI=1S/C68H49N5/c1-67(2)55-27-14-9-24-50(55)64-56(67)28-18-32-63(64)72(45-35-36-47-46-21-8-13-26-54(46)68(3,4)57(47)41-45)65-51-25-10-15-29-58(51)69-66(70-65)73-60-31-17-12-23-49(60)53-40-43(34-38-62(53)73)42-33-37-61-52(39-42)48-22-11-16-30-59(48)71(61)44-19-6-5-7-20-44/h5-41H,1-4H3. The Kier molecular flexibility index (Phi) is 8.70. The van der Waals surface area contributed by atoms with E-state index >= 15 is 0 Å². The van der Waals surface area contributed by atoms with Crippen LogP contribution < -0.4 is 4.90 Å². The second-order valence-corrected chi connectivity index (χ2v) is 21.0. The van der Waals surface area contributed by atoms with E-state index in [1.165, 1.54) is 71.9 Å². The third kappa shape index (κ3) is 5.91. The van der Waals surface area contributed by atoms with Crippen LogP contribution in [0.4, 0.5) is 17.2 Å². The Balaban J connectivity index is 0.953. The lowest BCUT2D eigenvalue weighted by molar-refractivity contribution is 0.660. The summed E-state index contributed by atoms with van der Waals surface area (Å²) in [6.45, 7) is 9.43. The highest BCUT2D eigenvalue weighted by atomic mass is 15.3. The molecule has 0 bridgehead atoms. The van der Waals surface area contributed by atoms with Crippen molar-refractivity contribution in [3.63, 3.8) is 0 Å². The van der Waals surface area contributed by atoms with E-state index in [4.69, 9.17) is 9.97 Å². The molecule has 346 valence electrons. The van der Waals surface area contributed by atoms with Gasteiger partial charge in [0.25, 0.3) is 0 Å². The van der Waals surface area contributed by atoms with Crippen molar-refractivity contribution in [3.8, 4) is 45.0 Å². The lowest BCUT2D eigenvalue weighted by Gasteiger charge is -2.30. The number of para-hydroxylation sites is 4. The first-order valence-electron chi connectivity index (χ1n) is 25.4. The molecular formula is C68H49N5. The third-order valence-electron chi connectivity index (χ3n) is 16.3. The summed E-state index contributed by atoms with van der Waals surface area (Å²) in [5.41, 5.74) is 21.0. The van der Waals surface area contributed by atoms with Gasteiger partial charge in [0.15, 0.2) is 5.82 Å². The van der Waals surface area contributed by atoms with E-state index in [2.05, 4.69) is 266 Å². The van der Waals surface area contributed by atoms with Crippen LogP contribution in [-0.4, -0.2) is 19.1 Å². The molecule has 15 rings (SSSR count). The summed E-state index contributed by atoms with van der Waals surface area (Å²) in [6, 6.07) is 82.2. The first-order chi connectivity index (χ1) is 35.7. The van der Waals surface area contributed by atoms with Crippen LogP contribution >= 0.6 is 0 Å². The van der Waals surface area contributed by atoms with Gasteiger partial charge < -0.3 is 4.57 Å². The van der Waals surface area contributed by atoms with Crippen molar-refractivity contribution in [3.05, 3.63) is 247 Å². The minimum atomic E-state index is -0.200. The number of rotatable bonds is 6. The highest BCUT2D eigenvalue weighted by Gasteiger charge is 2.40. The molecule has 2 aliphatic rings. The van der Waals surface area contributed by atoms with Crippen LogP contribution in [-0.2, 0) is 10.8 Å². The minimum absolute atomic E-state index is 0.192. The molecule has 5 heteroatoms. The van der Waals surface area contributed by atoms with Gasteiger partial charge in [-0.3, -0.25) is 9.47 Å². The van der Waals surface area contributed by atoms with Crippen LogP contribution in [0.1, 0.15) is 49.9 Å². The highest BCUT2D eigenvalue weighted by molar-refractivity contribution is 6.13. The second-order valence-electron chi connectivity index (χ2n) is 21.0. The van der Waals surface area contributed by atoms with Crippen LogP contribution in [0.15, 0.2) is 224 Å². The first-order valence-corrected chi connectivity index (χ1v) is 25.4. The Morgan fingerprint density at radius 3 is 1.63 bits per heavy atom. The molecule has 0 radical (unpaired) electrons. The fourth-order valence-electron chi connectivity index (χ4n) is 12.8. The van der Waals surface area contributed by atoms with Crippen molar-refractivity contribution >= 4 is 71.7 Å². The Hall–Kier alpha value is -9.06. The zero-order chi connectivity index (χ0) is 48.7. The molecule has 10 aromatic carbocycles. The molecule has 0 spiro atoms. The number of hydrogen-bond donors (Lipinski definition) is 0. The highest BCUT2D eigenvalue weighted by Crippen LogP contribution is 2.56. The van der Waals surface area contributed by atoms with Gasteiger partial charge in [0.05, 0.1) is 33.3 Å². The van der Waals surface area contributed by atoms with Crippen molar-refractivity contribution in [1.82, 2.24) is 19.1 Å². The van der Waals surface area contributed by atoms with E-state index < -0.39 is 0 Å². The van der Waals surface area contributed by atoms with Crippen molar-refractivity contribution in [2.75, 3.05) is 4.90 Å². The van der Waals surface area contributed by atoms with E-state index in [1.54, 1.807) is 0 Å². The molecule has 13 aromatic rings. The minimum Gasteiger partial charge on any atom is -0.309 e. The fraction of sp³-hybridized carbons (Fsp3) is 0.0882. The van der Waals surface area contributed by atoms with Crippen LogP contribution in [0, 0.1) is 0 Å². The Labute approximate surface area is 423 Å². The largest absolute Gasteiger partial charge is 0.309 e. The predicted molar refractivity (Wildman–Crippen MR) is 303 cm³/mol. The molecule has 0 aliphatic heterocycles. The summed E-state index contributed by atoms with van der Waals surface area (Å²) >= 11 is 0. The summed E-state index contributed by atoms with van der Waals surface area (Å²) < 4.78 is 4.65. The zero-order valence-electron chi connectivity index (χ0n) is 41.1. The number of fused-ring (bicyclic) bond motifs is 13. The SMILES string of the molecule is CC1(C)c2ccccc2-c2ccc(N(c3cccc4c3-c3ccccc3C4(C)C)c3nc(-n4c5ccccc5c5cc(-c6ccc7c(c6)c6ccccc6n7-c6ccccc6)ccc54)nc4ccccc34)cc21. The summed E-state index contributed by atoms with van der Waals surface area (Å²) in [7, 11) is 0. The molecule has 0 atom stereocenters. The van der Waals surface area contributed by atoms with E-state index in [0.29, 0.717) is 5.95 Å². The van der Waals surface area contributed by atoms with Gasteiger partial charge in [-0.2, -0.15) is 4.98 Å². The van der Waals surface area contributed by atoms with E-state index in [1.807, 2.05) is 0 Å². The predicted octanol–water partition coefficient (Wildman–Crippen LogP) is 17.6. The van der Waals surface area contributed by atoms with Crippen molar-refractivity contribution < 1.29 is 0 Å². The van der Waals surface area contributed by atoms with E-state index in [-0.39, 0.29) is 10.8 Å². The molecule has 0 saturated carbocycles. The Bertz CT molecular complexity index is 4460. The molecule has 0 N–H and O–H groups in total. The molecular weight excluding hydrogens is 887 g/mol. The number of aromatic nitrogens is 4. The zero-order valence-corrected chi connectivity index (χ0v) is 41.1. The quantitative estimate of drug-likeness (QED) is 0.167. The number of nitrogens with zero attached hydrogens (tertiary/aromatic N) is 5. The summed E-state index contributed by atoms with van der Waals surface area (Å²) in [4.78, 5) is 13.7. The molecule has 2 aliphatic carbocycles. The second kappa shape index (κ2) is 15.2. The van der Waals surface area contributed by atoms with E-state index in [9.17, 15) is 0 Å². The van der Waals surface area contributed by atoms with Gasteiger partial charge in [-0.05, 0) is 129 Å². The maximum Gasteiger partial charge on any atom is 0.237 e. The van der Waals surface area contributed by atoms with Crippen LogP contribution in [0.2, 0.25) is 0 Å². The summed E-state index contributed by atoms with van der Waals surface area (Å²) in [5, 5.41) is 5.74. The number of hydrogen-bond acceptors (Lipinski definition) is 3. The molecule has 0 amide bonds. The Morgan fingerprint density at radius 1 is 0.370 bits per heavy atom. The molecule has 5 nitrogen and oxygen atoms in total. The molecule has 73 heavy (non-hydrogen) atoms. The normalized spacial score (nSPS) is 14.0. The van der Waals surface area contributed by atoms with Crippen LogP contribution in [0.3, 0.4) is 0 Å². The van der Waals surface area contributed by atoms with Gasteiger partial charge in [0, 0.05) is 54.7 Å². The molecule has 0 fully saturated rings. The first kappa shape index (κ1) is 41.7. The van der Waals surface area contributed by atoms with Crippen LogP contribution in [0.25, 0.3) is 99.5 Å². The summed E-state index contributed by atoms with van der Waals surface area (Å²) in [5.74, 6) is 1.45. The van der Waals surface area contributed by atoms with E-state index in [0.717, 1.165) is 61.2 Å². The van der Waals surface area contributed by atoms with Gasteiger partial charge in [-0.1, -0.05) is 173 Å². The maximum atomic E-state index is 5.83. The fourth-order valence-corrected chi connectivity index (χ4v) is 12.8. The molecule has 0 unspecified atom stereocenters.